The Morgan fingerprint density at radius 3 is 0.909 bits per heavy atom. The number of ether oxygens (including phenoxy) is 2. The summed E-state index contributed by atoms with van der Waals surface area (Å²) in [5.41, 5.74) is 0. The van der Waals surface area contributed by atoms with Gasteiger partial charge >= 0.3 is 0 Å². The molecule has 0 aliphatic rings. The maximum absolute atomic E-state index is 5.84. The van der Waals surface area contributed by atoms with Gasteiger partial charge in [0.25, 0.3) is 0 Å². The van der Waals surface area contributed by atoms with Crippen LogP contribution in [0.4, 0.5) is 0 Å². The Morgan fingerprint density at radius 1 is 0.409 bits per heavy atom. The van der Waals surface area contributed by atoms with Crippen LogP contribution in [0.5, 0.6) is 23.0 Å². The summed E-state index contributed by atoms with van der Waals surface area (Å²) in [6, 6.07) is 21.8. The normalized spacial score (nSPS) is 10.3. The van der Waals surface area contributed by atoms with Crippen LogP contribution in [0.2, 0.25) is 10.0 Å². The van der Waals surface area contributed by atoms with Crippen LogP contribution in [0.25, 0.3) is 0 Å². The molecule has 2 nitrogen and oxygen atoms in total. The lowest BCUT2D eigenvalue weighted by molar-refractivity contribution is 0.469. The van der Waals surface area contributed by atoms with E-state index in [0.29, 0.717) is 10.0 Å². The number of halogens is 2. The molecule has 0 amide bonds. The Labute approximate surface area is 138 Å². The van der Waals surface area contributed by atoms with Crippen molar-refractivity contribution in [1.82, 2.24) is 0 Å². The Morgan fingerprint density at radius 2 is 0.636 bits per heavy atom. The molecule has 4 heteroatoms. The summed E-state index contributed by atoms with van der Waals surface area (Å²) in [6.45, 7) is 0. The zero-order valence-electron chi connectivity index (χ0n) is 11.5. The minimum atomic E-state index is 0.680. The minimum absolute atomic E-state index is 0.680. The molecule has 3 aromatic rings. The van der Waals surface area contributed by atoms with Crippen LogP contribution in [0.3, 0.4) is 0 Å². The molecule has 0 aliphatic heterocycles. The van der Waals surface area contributed by atoms with E-state index in [1.807, 2.05) is 48.5 Å². The monoisotopic (exact) mass is 330 g/mol. The van der Waals surface area contributed by atoms with Gasteiger partial charge in [-0.2, -0.15) is 0 Å². The maximum atomic E-state index is 5.84. The van der Waals surface area contributed by atoms with Crippen LogP contribution in [-0.2, 0) is 0 Å². The lowest BCUT2D eigenvalue weighted by atomic mass is 10.3. The topological polar surface area (TPSA) is 18.5 Å². The van der Waals surface area contributed by atoms with Gasteiger partial charge in [0.1, 0.15) is 23.0 Å². The lowest BCUT2D eigenvalue weighted by Crippen LogP contribution is -1.86. The highest BCUT2D eigenvalue weighted by atomic mass is 35.5. The van der Waals surface area contributed by atoms with Gasteiger partial charge < -0.3 is 9.47 Å². The third kappa shape index (κ3) is 3.94. The molecule has 0 saturated carbocycles. The molecule has 3 aromatic carbocycles. The number of benzene rings is 3. The Kier molecular flexibility index (Phi) is 4.52. The first kappa shape index (κ1) is 14.8. The van der Waals surface area contributed by atoms with Crippen molar-refractivity contribution in [3.8, 4) is 23.0 Å². The van der Waals surface area contributed by atoms with Crippen LogP contribution in [0.15, 0.2) is 72.8 Å². The molecule has 0 aliphatic carbocycles. The second-order valence-corrected chi connectivity index (χ2v) is 5.46. The van der Waals surface area contributed by atoms with Crippen LogP contribution in [-0.4, -0.2) is 0 Å². The van der Waals surface area contributed by atoms with Crippen molar-refractivity contribution in [2.24, 2.45) is 0 Å². The molecule has 22 heavy (non-hydrogen) atoms. The molecule has 0 radical (unpaired) electrons. The van der Waals surface area contributed by atoms with Gasteiger partial charge in [0.2, 0.25) is 0 Å². The largest absolute Gasteiger partial charge is 0.457 e. The highest BCUT2D eigenvalue weighted by molar-refractivity contribution is 6.30. The summed E-state index contributed by atoms with van der Waals surface area (Å²) in [6.07, 6.45) is 0. The average Bonchev–Trinajstić information content (AvgIpc) is 2.54. The van der Waals surface area contributed by atoms with Gasteiger partial charge in [0.05, 0.1) is 0 Å². The van der Waals surface area contributed by atoms with E-state index in [9.17, 15) is 0 Å². The van der Waals surface area contributed by atoms with Crippen molar-refractivity contribution < 1.29 is 9.47 Å². The summed E-state index contributed by atoms with van der Waals surface area (Å²) in [5, 5.41) is 1.36. The molecule has 0 bridgehead atoms. The van der Waals surface area contributed by atoms with Crippen molar-refractivity contribution in [2.45, 2.75) is 0 Å². The number of hydrogen-bond donors (Lipinski definition) is 0. The first-order chi connectivity index (χ1) is 10.7. The lowest BCUT2D eigenvalue weighted by Gasteiger charge is -2.08. The van der Waals surface area contributed by atoms with Gasteiger partial charge in [-0.15, -0.1) is 0 Å². The van der Waals surface area contributed by atoms with Gasteiger partial charge in [-0.1, -0.05) is 23.2 Å². The molecule has 0 atom stereocenters. The highest BCUT2D eigenvalue weighted by Gasteiger charge is 2.00. The maximum Gasteiger partial charge on any atom is 0.127 e. The average molecular weight is 331 g/mol. The minimum Gasteiger partial charge on any atom is -0.457 e. The number of rotatable bonds is 4. The van der Waals surface area contributed by atoms with Crippen molar-refractivity contribution in [2.75, 3.05) is 0 Å². The van der Waals surface area contributed by atoms with Crippen molar-refractivity contribution >= 4 is 23.2 Å². The van der Waals surface area contributed by atoms with E-state index in [2.05, 4.69) is 0 Å². The summed E-state index contributed by atoms with van der Waals surface area (Å²) in [7, 11) is 0. The third-order valence-electron chi connectivity index (χ3n) is 2.92. The standard InChI is InChI=1S/C18H12Cl2O2/c19-13-1-5-15(6-2-13)21-17-9-11-18(12-10-17)22-16-7-3-14(20)4-8-16/h1-12H. The molecule has 0 fully saturated rings. The predicted octanol–water partition coefficient (Wildman–Crippen LogP) is 6.58. The predicted molar refractivity (Wildman–Crippen MR) is 89.5 cm³/mol. The highest BCUT2D eigenvalue weighted by Crippen LogP contribution is 2.27. The summed E-state index contributed by atoms with van der Waals surface area (Å²) >= 11 is 11.7. The molecular formula is C18H12Cl2O2. The zero-order valence-corrected chi connectivity index (χ0v) is 13.0. The Balaban J connectivity index is 1.67. The van der Waals surface area contributed by atoms with Gasteiger partial charge in [-0.05, 0) is 72.8 Å². The molecule has 0 unspecified atom stereocenters. The summed E-state index contributed by atoms with van der Waals surface area (Å²) in [5.74, 6) is 2.92. The van der Waals surface area contributed by atoms with Crippen LogP contribution >= 0.6 is 23.2 Å². The van der Waals surface area contributed by atoms with E-state index < -0.39 is 0 Å². The van der Waals surface area contributed by atoms with E-state index in [4.69, 9.17) is 32.7 Å². The Hall–Kier alpha value is -2.16. The fraction of sp³-hybridized carbons (Fsp3) is 0. The first-order valence-corrected chi connectivity index (χ1v) is 7.41. The second-order valence-electron chi connectivity index (χ2n) is 4.58. The van der Waals surface area contributed by atoms with E-state index in [1.165, 1.54) is 0 Å². The van der Waals surface area contributed by atoms with E-state index in [1.54, 1.807) is 24.3 Å². The summed E-state index contributed by atoms with van der Waals surface area (Å²) in [4.78, 5) is 0. The Bertz CT molecular complexity index is 669. The molecule has 3 rings (SSSR count). The van der Waals surface area contributed by atoms with E-state index in [-0.39, 0.29) is 0 Å². The quantitative estimate of drug-likeness (QED) is 0.538. The molecule has 0 aromatic heterocycles. The fourth-order valence-electron chi connectivity index (χ4n) is 1.85. The molecular weight excluding hydrogens is 319 g/mol. The third-order valence-corrected chi connectivity index (χ3v) is 3.43. The smallest absolute Gasteiger partial charge is 0.127 e. The number of hydrogen-bond acceptors (Lipinski definition) is 2. The SMILES string of the molecule is Clc1ccc(Oc2ccc(Oc3ccc(Cl)cc3)cc2)cc1. The van der Waals surface area contributed by atoms with Gasteiger partial charge in [-0.25, -0.2) is 0 Å². The first-order valence-electron chi connectivity index (χ1n) is 6.66. The molecule has 0 saturated heterocycles. The van der Waals surface area contributed by atoms with Crippen molar-refractivity contribution in [3.05, 3.63) is 82.8 Å². The van der Waals surface area contributed by atoms with Gasteiger partial charge in [0.15, 0.2) is 0 Å². The van der Waals surface area contributed by atoms with E-state index >= 15 is 0 Å². The fourth-order valence-corrected chi connectivity index (χ4v) is 2.11. The van der Waals surface area contributed by atoms with Crippen LogP contribution < -0.4 is 9.47 Å². The van der Waals surface area contributed by atoms with Crippen LogP contribution in [0.1, 0.15) is 0 Å². The molecule has 0 N–H and O–H groups in total. The van der Waals surface area contributed by atoms with E-state index in [0.717, 1.165) is 23.0 Å². The summed E-state index contributed by atoms with van der Waals surface area (Å²) < 4.78 is 11.4. The molecule has 0 spiro atoms. The second kappa shape index (κ2) is 6.73. The molecule has 0 heterocycles. The van der Waals surface area contributed by atoms with Crippen molar-refractivity contribution in [3.63, 3.8) is 0 Å². The van der Waals surface area contributed by atoms with Crippen LogP contribution in [0, 0.1) is 0 Å². The van der Waals surface area contributed by atoms with Crippen molar-refractivity contribution in [1.29, 1.82) is 0 Å². The molecule has 110 valence electrons. The zero-order chi connectivity index (χ0) is 15.4. The van der Waals surface area contributed by atoms with Gasteiger partial charge in [-0.3, -0.25) is 0 Å². The van der Waals surface area contributed by atoms with Gasteiger partial charge in [0, 0.05) is 10.0 Å².